The van der Waals surface area contributed by atoms with E-state index in [0.29, 0.717) is 0 Å². The van der Waals surface area contributed by atoms with E-state index in [2.05, 4.69) is 199 Å². The summed E-state index contributed by atoms with van der Waals surface area (Å²) >= 11 is 1.85. The zero-order valence-corrected chi connectivity index (χ0v) is 30.6. The first-order valence-electron chi connectivity index (χ1n) is 18.9. The summed E-state index contributed by atoms with van der Waals surface area (Å²) in [6.45, 7) is 0. The molecule has 0 saturated carbocycles. The fourth-order valence-electron chi connectivity index (χ4n) is 9.69. The molecular weight excluding hydrogens is 685 g/mol. The summed E-state index contributed by atoms with van der Waals surface area (Å²) < 4.78 is 2.49. The molecule has 8 aromatic carbocycles. The monoisotopic (exact) mass is 716 g/mol. The van der Waals surface area contributed by atoms with Crippen LogP contribution in [0.1, 0.15) is 22.3 Å². The molecule has 10 aromatic rings. The molecule has 0 fully saturated rings. The minimum Gasteiger partial charge on any atom is -0.308 e. The minimum atomic E-state index is -0.432. The molecule has 0 bridgehead atoms. The van der Waals surface area contributed by atoms with Gasteiger partial charge in [-0.15, -0.1) is 11.3 Å². The predicted molar refractivity (Wildman–Crippen MR) is 231 cm³/mol. The first-order valence-corrected chi connectivity index (χ1v) is 19.7. The van der Waals surface area contributed by atoms with Crippen LogP contribution in [0.15, 0.2) is 194 Å². The van der Waals surface area contributed by atoms with Crippen LogP contribution in [0.25, 0.3) is 64.3 Å². The molecule has 0 atom stereocenters. The van der Waals surface area contributed by atoms with Crippen molar-refractivity contribution in [3.63, 3.8) is 0 Å². The maximum atomic E-state index is 4.98. The van der Waals surface area contributed by atoms with Gasteiger partial charge in [-0.25, -0.2) is 0 Å². The molecular formula is C52H32N2S. The Balaban J connectivity index is 1.14. The Morgan fingerprint density at radius 2 is 1.02 bits per heavy atom. The van der Waals surface area contributed by atoms with Gasteiger partial charge in [-0.05, 0) is 96.7 Å². The van der Waals surface area contributed by atoms with Gasteiger partial charge in [0.25, 0.3) is 0 Å². The summed E-state index contributed by atoms with van der Waals surface area (Å²) in [7, 11) is 0. The van der Waals surface area contributed by atoms with Crippen molar-refractivity contribution < 1.29 is 0 Å². The molecule has 1 spiro atoms. The van der Waals surface area contributed by atoms with Gasteiger partial charge in [0.05, 0.1) is 22.0 Å². The Hall–Kier alpha value is -6.81. The van der Waals surface area contributed by atoms with Crippen molar-refractivity contribution >= 4 is 59.3 Å². The van der Waals surface area contributed by atoms with Crippen molar-refractivity contribution in [3.8, 4) is 33.4 Å². The number of aromatic nitrogens is 1. The van der Waals surface area contributed by atoms with E-state index >= 15 is 0 Å². The van der Waals surface area contributed by atoms with Crippen molar-refractivity contribution in [3.05, 3.63) is 217 Å². The Kier molecular flexibility index (Phi) is 6.46. The second-order valence-electron chi connectivity index (χ2n) is 14.7. The van der Waals surface area contributed by atoms with E-state index in [0.717, 1.165) is 17.1 Å². The lowest BCUT2D eigenvalue weighted by atomic mass is 9.70. The highest BCUT2D eigenvalue weighted by molar-refractivity contribution is 7.26. The third kappa shape index (κ3) is 4.22. The largest absolute Gasteiger partial charge is 0.308 e. The summed E-state index contributed by atoms with van der Waals surface area (Å²) in [5.74, 6) is 0. The van der Waals surface area contributed by atoms with E-state index < -0.39 is 5.41 Å². The fourth-order valence-corrected chi connectivity index (χ4v) is 10.9. The van der Waals surface area contributed by atoms with Crippen LogP contribution in [-0.4, -0.2) is 4.98 Å². The number of pyridine rings is 1. The SMILES string of the molecule is c1ccc(-c2ccc(N(c3ccc4c(c3)C3(c5ccccc5-c5ccccc53)c3ccccc3-4)c3cncc4c3sc3ccc5ccccc5c34)cc2)cc1. The number of hydrogen-bond donors (Lipinski definition) is 0. The molecule has 0 N–H and O–H groups in total. The second-order valence-corrected chi connectivity index (χ2v) is 15.7. The smallest absolute Gasteiger partial charge is 0.0824 e. The Labute approximate surface area is 323 Å². The lowest BCUT2D eigenvalue weighted by molar-refractivity contribution is 0.793. The van der Waals surface area contributed by atoms with Crippen LogP contribution in [0.4, 0.5) is 17.1 Å². The lowest BCUT2D eigenvalue weighted by Crippen LogP contribution is -2.26. The van der Waals surface area contributed by atoms with Gasteiger partial charge in [-0.1, -0.05) is 152 Å². The number of fused-ring (bicyclic) bond motifs is 15. The van der Waals surface area contributed by atoms with Crippen molar-refractivity contribution in [2.45, 2.75) is 5.41 Å². The number of anilines is 3. The van der Waals surface area contributed by atoms with Crippen LogP contribution < -0.4 is 4.90 Å². The van der Waals surface area contributed by atoms with Gasteiger partial charge in [0.15, 0.2) is 0 Å². The van der Waals surface area contributed by atoms with E-state index in [1.807, 2.05) is 11.3 Å². The molecule has 2 nitrogen and oxygen atoms in total. The summed E-state index contributed by atoms with van der Waals surface area (Å²) in [6, 6.07) is 67.1. The van der Waals surface area contributed by atoms with Gasteiger partial charge in [-0.3, -0.25) is 4.98 Å². The van der Waals surface area contributed by atoms with Gasteiger partial charge >= 0.3 is 0 Å². The van der Waals surface area contributed by atoms with Crippen molar-refractivity contribution in [1.29, 1.82) is 0 Å². The molecule has 0 saturated heterocycles. The van der Waals surface area contributed by atoms with Crippen LogP contribution in [0.5, 0.6) is 0 Å². The normalized spacial score (nSPS) is 13.2. The average molecular weight is 717 g/mol. The third-order valence-corrected chi connectivity index (χ3v) is 13.2. The number of nitrogens with zero attached hydrogens (tertiary/aromatic N) is 2. The quantitative estimate of drug-likeness (QED) is 0.180. The van der Waals surface area contributed by atoms with E-state index in [-0.39, 0.29) is 0 Å². The molecule has 55 heavy (non-hydrogen) atoms. The van der Waals surface area contributed by atoms with Gasteiger partial charge in [0.1, 0.15) is 0 Å². The van der Waals surface area contributed by atoms with Crippen LogP contribution in [-0.2, 0) is 5.41 Å². The van der Waals surface area contributed by atoms with Gasteiger partial charge in [0.2, 0.25) is 0 Å². The van der Waals surface area contributed by atoms with E-state index in [1.165, 1.54) is 86.6 Å². The summed E-state index contributed by atoms with van der Waals surface area (Å²) in [6.07, 6.45) is 4.12. The van der Waals surface area contributed by atoms with Gasteiger partial charge < -0.3 is 4.90 Å². The third-order valence-electron chi connectivity index (χ3n) is 12.0. The molecule has 12 rings (SSSR count). The Morgan fingerprint density at radius 3 is 1.73 bits per heavy atom. The maximum absolute atomic E-state index is 4.98. The van der Waals surface area contributed by atoms with Gasteiger partial charge in [0, 0.05) is 33.0 Å². The second kappa shape index (κ2) is 11.6. The summed E-state index contributed by atoms with van der Waals surface area (Å²) in [5, 5.41) is 4.96. The maximum Gasteiger partial charge on any atom is 0.0824 e. The first-order chi connectivity index (χ1) is 27.3. The zero-order chi connectivity index (χ0) is 36.1. The van der Waals surface area contributed by atoms with E-state index in [4.69, 9.17) is 4.98 Å². The van der Waals surface area contributed by atoms with Gasteiger partial charge in [-0.2, -0.15) is 0 Å². The molecule has 0 amide bonds. The van der Waals surface area contributed by atoms with Crippen LogP contribution in [0, 0.1) is 0 Å². The average Bonchev–Trinajstić information content (AvgIpc) is 3.89. The topological polar surface area (TPSA) is 16.1 Å². The van der Waals surface area contributed by atoms with Crippen LogP contribution >= 0.6 is 11.3 Å². The molecule has 2 aliphatic carbocycles. The van der Waals surface area contributed by atoms with Crippen LogP contribution in [0.2, 0.25) is 0 Å². The molecule has 3 heteroatoms. The predicted octanol–water partition coefficient (Wildman–Crippen LogP) is 14.1. The number of rotatable bonds is 4. The number of thiophene rings is 1. The number of hydrogen-bond acceptors (Lipinski definition) is 3. The lowest BCUT2D eigenvalue weighted by Gasteiger charge is -2.32. The van der Waals surface area contributed by atoms with Crippen molar-refractivity contribution in [1.82, 2.24) is 4.98 Å². The van der Waals surface area contributed by atoms with E-state index in [1.54, 1.807) is 0 Å². The Morgan fingerprint density at radius 1 is 0.436 bits per heavy atom. The molecule has 2 heterocycles. The molecule has 256 valence electrons. The fraction of sp³-hybridized carbons (Fsp3) is 0.0192. The highest BCUT2D eigenvalue weighted by atomic mass is 32.1. The van der Waals surface area contributed by atoms with Crippen molar-refractivity contribution in [2.75, 3.05) is 4.90 Å². The number of benzene rings is 8. The molecule has 0 unspecified atom stereocenters. The highest BCUT2D eigenvalue weighted by Crippen LogP contribution is 2.63. The van der Waals surface area contributed by atoms with Crippen LogP contribution in [0.3, 0.4) is 0 Å². The molecule has 0 aliphatic heterocycles. The van der Waals surface area contributed by atoms with Crippen molar-refractivity contribution in [2.24, 2.45) is 0 Å². The summed E-state index contributed by atoms with van der Waals surface area (Å²) in [4.78, 5) is 7.42. The summed E-state index contributed by atoms with van der Waals surface area (Å²) in [5.41, 5.74) is 15.8. The Bertz CT molecular complexity index is 3090. The molecule has 0 radical (unpaired) electrons. The highest BCUT2D eigenvalue weighted by Gasteiger charge is 2.51. The first kappa shape index (κ1) is 30.6. The standard InChI is InChI=1S/C52H32N2S/c1-2-12-33(13-3-1)34-22-25-36(26-23-34)54(48-32-53-31-43-50-38-15-5-4-14-35(38)24-29-49(50)55-51(43)48)37-27-28-42-41-18-8-11-21-46(41)52(47(42)30-37)44-19-9-6-16-39(44)40-17-7-10-20-45(40)52/h1-32H. The zero-order valence-electron chi connectivity index (χ0n) is 29.8. The molecule has 2 aromatic heterocycles. The minimum absolute atomic E-state index is 0.432. The van der Waals surface area contributed by atoms with E-state index in [9.17, 15) is 0 Å². The molecule has 2 aliphatic rings.